The Balaban J connectivity index is 1.83. The predicted octanol–water partition coefficient (Wildman–Crippen LogP) is 6.67. The predicted molar refractivity (Wildman–Crippen MR) is 108 cm³/mol. The molecule has 1 atom stereocenters. The number of nitrogens with zero attached hydrogens (tertiary/aromatic N) is 1. The van der Waals surface area contributed by atoms with Crippen LogP contribution in [0.4, 0.5) is 23.2 Å². The molecule has 0 aliphatic rings. The van der Waals surface area contributed by atoms with Gasteiger partial charge in [-0.05, 0) is 60.4 Å². The molecule has 0 radical (unpaired) electrons. The Hall–Kier alpha value is -3.22. The maximum Gasteiger partial charge on any atom is 0.418 e. The van der Waals surface area contributed by atoms with Crippen LogP contribution in [0, 0.1) is 5.82 Å². The normalized spacial score (nSPS) is 12.5. The molecule has 0 bridgehead atoms. The van der Waals surface area contributed by atoms with Crippen LogP contribution < -0.4 is 5.32 Å². The van der Waals surface area contributed by atoms with Gasteiger partial charge in [0.25, 0.3) is 5.91 Å². The Bertz CT molecular complexity index is 1050. The SMILES string of the molecule is CCC(C)c1ccc(NC(=O)c2ccc(-c3ncccc3C(F)(F)F)c(F)c2)cc1. The fourth-order valence-corrected chi connectivity index (χ4v) is 3.03. The van der Waals surface area contributed by atoms with E-state index in [-0.39, 0.29) is 11.1 Å². The van der Waals surface area contributed by atoms with Gasteiger partial charge in [0.05, 0.1) is 11.3 Å². The number of hydrogen-bond donors (Lipinski definition) is 1. The van der Waals surface area contributed by atoms with Gasteiger partial charge >= 0.3 is 6.18 Å². The first-order chi connectivity index (χ1) is 14.2. The first-order valence-electron chi connectivity index (χ1n) is 9.44. The van der Waals surface area contributed by atoms with E-state index in [1.165, 1.54) is 6.07 Å². The second-order valence-corrected chi connectivity index (χ2v) is 6.98. The lowest BCUT2D eigenvalue weighted by atomic mass is 9.98. The zero-order chi connectivity index (χ0) is 21.9. The van der Waals surface area contributed by atoms with E-state index < -0.39 is 29.2 Å². The van der Waals surface area contributed by atoms with E-state index in [0.717, 1.165) is 42.4 Å². The smallest absolute Gasteiger partial charge is 0.322 e. The fraction of sp³-hybridized carbons (Fsp3) is 0.217. The highest BCUT2D eigenvalue weighted by atomic mass is 19.4. The highest BCUT2D eigenvalue weighted by Crippen LogP contribution is 2.36. The number of aromatic nitrogens is 1. The van der Waals surface area contributed by atoms with Crippen molar-refractivity contribution in [3.63, 3.8) is 0 Å². The van der Waals surface area contributed by atoms with E-state index in [0.29, 0.717) is 11.6 Å². The maximum atomic E-state index is 14.6. The third-order valence-corrected chi connectivity index (χ3v) is 4.95. The van der Waals surface area contributed by atoms with Crippen molar-refractivity contribution >= 4 is 11.6 Å². The van der Waals surface area contributed by atoms with Gasteiger partial charge < -0.3 is 5.32 Å². The number of amides is 1. The molecule has 1 N–H and O–H groups in total. The molecule has 0 saturated carbocycles. The van der Waals surface area contributed by atoms with Crippen LogP contribution in [0.15, 0.2) is 60.8 Å². The van der Waals surface area contributed by atoms with Crippen molar-refractivity contribution in [1.29, 1.82) is 0 Å². The number of carbonyl (C=O) groups is 1. The van der Waals surface area contributed by atoms with Crippen LogP contribution in [-0.2, 0) is 6.18 Å². The number of benzene rings is 2. The van der Waals surface area contributed by atoms with Crippen molar-refractivity contribution in [2.45, 2.75) is 32.4 Å². The molecule has 1 heterocycles. The first kappa shape index (κ1) is 21.5. The molecule has 3 aromatic rings. The maximum absolute atomic E-state index is 14.6. The van der Waals surface area contributed by atoms with E-state index in [1.807, 2.05) is 12.1 Å². The van der Waals surface area contributed by atoms with Crippen molar-refractivity contribution in [2.75, 3.05) is 5.32 Å². The lowest BCUT2D eigenvalue weighted by Crippen LogP contribution is -2.13. The minimum atomic E-state index is -4.67. The van der Waals surface area contributed by atoms with Crippen molar-refractivity contribution in [2.24, 2.45) is 0 Å². The lowest BCUT2D eigenvalue weighted by Gasteiger charge is -2.13. The number of rotatable bonds is 5. The molecule has 0 fully saturated rings. The summed E-state index contributed by atoms with van der Waals surface area (Å²) in [6.07, 6.45) is -2.52. The van der Waals surface area contributed by atoms with E-state index in [9.17, 15) is 22.4 Å². The molecule has 1 amide bonds. The van der Waals surface area contributed by atoms with Crippen molar-refractivity contribution in [3.8, 4) is 11.3 Å². The van der Waals surface area contributed by atoms with Crippen LogP contribution in [0.2, 0.25) is 0 Å². The number of pyridine rings is 1. The van der Waals surface area contributed by atoms with Gasteiger partial charge in [0.1, 0.15) is 5.82 Å². The molecule has 3 nitrogen and oxygen atoms in total. The summed E-state index contributed by atoms with van der Waals surface area (Å²) in [7, 11) is 0. The van der Waals surface area contributed by atoms with Crippen molar-refractivity contribution in [3.05, 3.63) is 83.3 Å². The molecule has 0 saturated heterocycles. The Morgan fingerprint density at radius 3 is 2.40 bits per heavy atom. The molecule has 1 unspecified atom stereocenters. The van der Waals surface area contributed by atoms with Crippen molar-refractivity contribution < 1.29 is 22.4 Å². The molecule has 1 aromatic heterocycles. The highest BCUT2D eigenvalue weighted by molar-refractivity contribution is 6.04. The lowest BCUT2D eigenvalue weighted by molar-refractivity contribution is -0.137. The molecular weight excluding hydrogens is 396 g/mol. The van der Waals surface area contributed by atoms with Crippen molar-refractivity contribution in [1.82, 2.24) is 4.98 Å². The summed E-state index contributed by atoms with van der Waals surface area (Å²) in [5.74, 6) is -1.13. The minimum Gasteiger partial charge on any atom is -0.322 e. The summed E-state index contributed by atoms with van der Waals surface area (Å²) >= 11 is 0. The fourth-order valence-electron chi connectivity index (χ4n) is 3.03. The van der Waals surface area contributed by atoms with E-state index in [2.05, 4.69) is 24.1 Å². The average Bonchev–Trinajstić information content (AvgIpc) is 2.73. The van der Waals surface area contributed by atoms with Crippen LogP contribution >= 0.6 is 0 Å². The number of anilines is 1. The van der Waals surface area contributed by atoms with E-state index >= 15 is 0 Å². The zero-order valence-corrected chi connectivity index (χ0v) is 16.4. The van der Waals surface area contributed by atoms with Gasteiger partial charge in [0, 0.05) is 23.0 Å². The quantitative estimate of drug-likeness (QED) is 0.472. The highest BCUT2D eigenvalue weighted by Gasteiger charge is 2.34. The van der Waals surface area contributed by atoms with Gasteiger partial charge in [-0.15, -0.1) is 0 Å². The number of halogens is 4. The van der Waals surface area contributed by atoms with Gasteiger partial charge in [-0.3, -0.25) is 9.78 Å². The molecule has 7 heteroatoms. The van der Waals surface area contributed by atoms with Gasteiger partial charge in [-0.1, -0.05) is 26.0 Å². The van der Waals surface area contributed by atoms with E-state index in [4.69, 9.17) is 0 Å². The van der Waals surface area contributed by atoms with E-state index in [1.54, 1.807) is 12.1 Å². The first-order valence-corrected chi connectivity index (χ1v) is 9.44. The Kier molecular flexibility index (Phi) is 6.20. The van der Waals surface area contributed by atoms with Gasteiger partial charge in [-0.25, -0.2) is 4.39 Å². The second-order valence-electron chi connectivity index (χ2n) is 6.98. The van der Waals surface area contributed by atoms with Gasteiger partial charge in [0.15, 0.2) is 0 Å². The monoisotopic (exact) mass is 416 g/mol. The Morgan fingerprint density at radius 2 is 1.80 bits per heavy atom. The Morgan fingerprint density at radius 1 is 1.10 bits per heavy atom. The summed E-state index contributed by atoms with van der Waals surface area (Å²) in [6, 6.07) is 12.6. The molecule has 30 heavy (non-hydrogen) atoms. The third kappa shape index (κ3) is 4.67. The minimum absolute atomic E-state index is 0.00765. The summed E-state index contributed by atoms with van der Waals surface area (Å²) in [6.45, 7) is 4.19. The molecule has 0 aliphatic carbocycles. The van der Waals surface area contributed by atoms with Gasteiger partial charge in [0.2, 0.25) is 0 Å². The summed E-state index contributed by atoms with van der Waals surface area (Å²) in [5, 5.41) is 2.66. The largest absolute Gasteiger partial charge is 0.418 e. The third-order valence-electron chi connectivity index (χ3n) is 4.95. The summed E-state index contributed by atoms with van der Waals surface area (Å²) in [4.78, 5) is 16.1. The topological polar surface area (TPSA) is 42.0 Å². The zero-order valence-electron chi connectivity index (χ0n) is 16.4. The standard InChI is InChI=1S/C23H20F4N2O/c1-3-14(2)15-6-9-17(10-7-15)29-22(30)16-8-11-18(20(24)13-16)21-19(23(25,26)27)5-4-12-28-21/h4-14H,3H2,1-2H3,(H,29,30). The summed E-state index contributed by atoms with van der Waals surface area (Å²) < 4.78 is 54.2. The van der Waals surface area contributed by atoms with Crippen LogP contribution in [0.25, 0.3) is 11.3 Å². The molecule has 2 aromatic carbocycles. The van der Waals surface area contributed by atoms with Gasteiger partial charge in [-0.2, -0.15) is 13.2 Å². The number of alkyl halides is 3. The molecule has 156 valence electrons. The van der Waals surface area contributed by atoms with Crippen LogP contribution in [0.5, 0.6) is 0 Å². The molecule has 0 aliphatic heterocycles. The molecular formula is C23H20F4N2O. The van der Waals surface area contributed by atoms with Crippen LogP contribution in [-0.4, -0.2) is 10.9 Å². The summed E-state index contributed by atoms with van der Waals surface area (Å²) in [5.41, 5.74) is -0.205. The second kappa shape index (κ2) is 8.65. The van der Waals surface area contributed by atoms with Crippen LogP contribution in [0.3, 0.4) is 0 Å². The van der Waals surface area contributed by atoms with Crippen LogP contribution in [0.1, 0.15) is 47.7 Å². The Labute approximate surface area is 171 Å². The average molecular weight is 416 g/mol. The molecule has 0 spiro atoms. The number of nitrogens with one attached hydrogen (secondary N) is 1. The number of hydrogen-bond acceptors (Lipinski definition) is 2. The molecule has 3 rings (SSSR count). The number of carbonyl (C=O) groups excluding carboxylic acids is 1.